The number of carbonyl (C=O) groups excluding carboxylic acids is 1. The van der Waals surface area contributed by atoms with Gasteiger partial charge in [0.2, 0.25) is 5.88 Å². The van der Waals surface area contributed by atoms with Crippen molar-refractivity contribution in [2.45, 2.75) is 12.2 Å². The number of H-pyrrole nitrogens is 1. The van der Waals surface area contributed by atoms with Crippen molar-refractivity contribution in [2.75, 3.05) is 23.8 Å². The maximum atomic E-state index is 13.2. The highest BCUT2D eigenvalue weighted by Crippen LogP contribution is 2.35. The molecule has 0 spiro atoms. The number of aryl methyl sites for hydroxylation is 1. The van der Waals surface area contributed by atoms with Gasteiger partial charge in [0.05, 0.1) is 19.4 Å². The van der Waals surface area contributed by atoms with Crippen LogP contribution in [0.15, 0.2) is 48.5 Å². The highest BCUT2D eigenvalue weighted by molar-refractivity contribution is 7.93. The Kier molecular flexibility index (Phi) is 8.18. The van der Waals surface area contributed by atoms with Crippen LogP contribution in [-0.2, 0) is 23.5 Å². The summed E-state index contributed by atoms with van der Waals surface area (Å²) in [6.45, 7) is -0.0178. The molecule has 2 aromatic heterocycles. The minimum absolute atomic E-state index is 0.0178. The molecular weight excluding hydrogens is 555 g/mol. The van der Waals surface area contributed by atoms with Gasteiger partial charge in [0.15, 0.2) is 5.82 Å². The zero-order valence-electron chi connectivity index (χ0n) is 21.1. The number of primary amides is 1. The van der Waals surface area contributed by atoms with Gasteiger partial charge in [0.1, 0.15) is 28.6 Å². The molecule has 0 aliphatic carbocycles. The number of nitrogens with one attached hydrogen (secondary N) is 3. The average Bonchev–Trinajstić information content (AvgIpc) is 3.48. The number of nitrogens with zero attached hydrogens (tertiary/aromatic N) is 3. The van der Waals surface area contributed by atoms with Crippen molar-refractivity contribution in [1.29, 1.82) is 0 Å². The number of hydrogen-bond donors (Lipinski definition) is 4. The van der Waals surface area contributed by atoms with Gasteiger partial charge in [-0.2, -0.15) is 19.0 Å². The number of aromatic amines is 1. The molecule has 16 heteroatoms. The van der Waals surface area contributed by atoms with E-state index in [0.717, 1.165) is 5.56 Å². The first-order valence-corrected chi connectivity index (χ1v) is 13.1. The Morgan fingerprint density at radius 1 is 1.18 bits per heavy atom. The molecule has 0 saturated carbocycles. The van der Waals surface area contributed by atoms with Gasteiger partial charge in [-0.1, -0.05) is 18.2 Å². The molecule has 2 heterocycles. The lowest BCUT2D eigenvalue weighted by molar-refractivity contribution is 0.100. The minimum Gasteiger partial charge on any atom is -0.491 e. The Morgan fingerprint density at radius 3 is 2.52 bits per heavy atom. The van der Waals surface area contributed by atoms with E-state index in [2.05, 4.69) is 20.6 Å². The van der Waals surface area contributed by atoms with Crippen LogP contribution in [-0.4, -0.2) is 53.8 Å². The summed E-state index contributed by atoms with van der Waals surface area (Å²) in [5, 5.41) is 13.9. The van der Waals surface area contributed by atoms with Crippen molar-refractivity contribution in [2.24, 2.45) is 12.8 Å². The fraction of sp³-hybridized carbons (Fsp3) is 0.208. The Bertz CT molecular complexity index is 1620. The maximum Gasteiger partial charge on any atom is 0.355 e. The van der Waals surface area contributed by atoms with E-state index in [0.29, 0.717) is 18.1 Å². The van der Waals surface area contributed by atoms with Gasteiger partial charge in [-0.3, -0.25) is 14.6 Å². The molecule has 0 bridgehead atoms. The first kappa shape index (κ1) is 28.3. The smallest absolute Gasteiger partial charge is 0.355 e. The number of halogens is 3. The third-order valence-corrected chi connectivity index (χ3v) is 6.59. The largest absolute Gasteiger partial charge is 0.491 e. The van der Waals surface area contributed by atoms with Crippen molar-refractivity contribution in [3.63, 3.8) is 0 Å². The molecule has 0 fully saturated rings. The molecule has 0 atom stereocenters. The summed E-state index contributed by atoms with van der Waals surface area (Å²) in [6.07, 6.45) is 0.294. The summed E-state index contributed by atoms with van der Waals surface area (Å²) in [7, 11) is -1.90. The Morgan fingerprint density at radius 2 is 1.90 bits per heavy atom. The standard InChI is InChI=1S/C24H24F3N7O5S/c1-34-19(38-2)12-18(32-34)29-23-20(22(28)35)21(30-31-23)14-5-8-16(33-40(36,37)24(26)27)17(11-14)39-10-9-13-3-6-15(25)7-4-13/h3-8,11-12,24,33H,9-10H2,1-2H3,(H2,28,35)(H2,29,30,31,32). The summed E-state index contributed by atoms with van der Waals surface area (Å²) < 4.78 is 77.1. The number of carbonyl (C=O) groups is 1. The van der Waals surface area contributed by atoms with Crippen LogP contribution in [0, 0.1) is 5.82 Å². The lowest BCUT2D eigenvalue weighted by atomic mass is 10.1. The van der Waals surface area contributed by atoms with E-state index in [-0.39, 0.29) is 40.7 Å². The van der Waals surface area contributed by atoms with E-state index in [1.165, 1.54) is 42.1 Å². The normalized spacial score (nSPS) is 11.4. The van der Waals surface area contributed by atoms with Crippen LogP contribution in [0.1, 0.15) is 15.9 Å². The quantitative estimate of drug-likeness (QED) is 0.198. The predicted octanol–water partition coefficient (Wildman–Crippen LogP) is 3.39. The van der Waals surface area contributed by atoms with Crippen LogP contribution in [0.5, 0.6) is 11.6 Å². The first-order valence-electron chi connectivity index (χ1n) is 11.5. The van der Waals surface area contributed by atoms with Gasteiger partial charge in [-0.05, 0) is 29.8 Å². The van der Waals surface area contributed by atoms with Crippen LogP contribution in [0.4, 0.5) is 30.5 Å². The van der Waals surface area contributed by atoms with Crippen molar-refractivity contribution >= 4 is 33.3 Å². The molecule has 1 amide bonds. The van der Waals surface area contributed by atoms with E-state index >= 15 is 0 Å². The number of amides is 1. The van der Waals surface area contributed by atoms with Gasteiger partial charge in [0, 0.05) is 25.1 Å². The van der Waals surface area contributed by atoms with Crippen LogP contribution < -0.4 is 25.2 Å². The number of anilines is 3. The zero-order valence-corrected chi connectivity index (χ0v) is 21.9. The maximum absolute atomic E-state index is 13.2. The monoisotopic (exact) mass is 579 g/mol. The number of aromatic nitrogens is 4. The zero-order chi connectivity index (χ0) is 29.0. The number of benzene rings is 2. The number of methoxy groups -OCH3 is 1. The topological polar surface area (TPSA) is 166 Å². The average molecular weight is 580 g/mol. The second-order valence-corrected chi connectivity index (χ2v) is 10.0. The third kappa shape index (κ3) is 6.28. The lowest BCUT2D eigenvalue weighted by Crippen LogP contribution is -2.21. The van der Waals surface area contributed by atoms with E-state index in [1.807, 2.05) is 0 Å². The number of rotatable bonds is 12. The number of sulfonamides is 1. The van der Waals surface area contributed by atoms with E-state index < -0.39 is 27.5 Å². The van der Waals surface area contributed by atoms with Crippen molar-refractivity contribution < 1.29 is 35.9 Å². The molecule has 5 N–H and O–H groups in total. The molecule has 212 valence electrons. The second kappa shape index (κ2) is 11.6. The van der Waals surface area contributed by atoms with E-state index in [1.54, 1.807) is 30.0 Å². The molecular formula is C24H24F3N7O5S. The van der Waals surface area contributed by atoms with Crippen molar-refractivity contribution in [1.82, 2.24) is 20.0 Å². The molecule has 4 rings (SSSR count). The molecule has 0 radical (unpaired) electrons. The summed E-state index contributed by atoms with van der Waals surface area (Å²) in [5.41, 5.74) is 6.36. The summed E-state index contributed by atoms with van der Waals surface area (Å²) in [6, 6.07) is 11.1. The highest BCUT2D eigenvalue weighted by atomic mass is 32.2. The first-order chi connectivity index (χ1) is 19.0. The van der Waals surface area contributed by atoms with Crippen LogP contribution in [0.3, 0.4) is 0 Å². The number of hydrogen-bond acceptors (Lipinski definition) is 8. The molecule has 0 saturated heterocycles. The fourth-order valence-corrected chi connectivity index (χ4v) is 4.28. The second-order valence-electron chi connectivity index (χ2n) is 8.35. The number of ether oxygens (including phenoxy) is 2. The predicted molar refractivity (Wildman–Crippen MR) is 140 cm³/mol. The highest BCUT2D eigenvalue weighted by Gasteiger charge is 2.26. The summed E-state index contributed by atoms with van der Waals surface area (Å²) >= 11 is 0. The Hall–Kier alpha value is -4.73. The van der Waals surface area contributed by atoms with Gasteiger partial charge in [0.25, 0.3) is 15.9 Å². The molecule has 40 heavy (non-hydrogen) atoms. The van der Waals surface area contributed by atoms with E-state index in [4.69, 9.17) is 15.2 Å². The van der Waals surface area contributed by atoms with Gasteiger partial charge in [-0.15, -0.1) is 0 Å². The van der Waals surface area contributed by atoms with Crippen molar-refractivity contribution in [3.8, 4) is 22.9 Å². The molecule has 0 aliphatic heterocycles. The number of alkyl halides is 2. The van der Waals surface area contributed by atoms with Gasteiger partial charge < -0.3 is 20.5 Å². The van der Waals surface area contributed by atoms with Gasteiger partial charge in [-0.25, -0.2) is 17.5 Å². The number of nitrogens with two attached hydrogens (primary N) is 1. The minimum atomic E-state index is -5.02. The Balaban J connectivity index is 1.67. The molecule has 0 aliphatic rings. The summed E-state index contributed by atoms with van der Waals surface area (Å²) in [4.78, 5) is 12.4. The third-order valence-electron chi connectivity index (χ3n) is 5.62. The molecule has 0 unspecified atom stereocenters. The van der Waals surface area contributed by atoms with E-state index in [9.17, 15) is 26.4 Å². The fourth-order valence-electron chi connectivity index (χ4n) is 3.71. The van der Waals surface area contributed by atoms with Crippen LogP contribution in [0.2, 0.25) is 0 Å². The Labute approximate surface area is 226 Å². The molecule has 12 nitrogen and oxygen atoms in total. The lowest BCUT2D eigenvalue weighted by Gasteiger charge is -2.15. The van der Waals surface area contributed by atoms with Crippen LogP contribution >= 0.6 is 0 Å². The molecule has 4 aromatic rings. The summed E-state index contributed by atoms with van der Waals surface area (Å²) in [5.74, 6) is -4.20. The molecule has 2 aromatic carbocycles. The van der Waals surface area contributed by atoms with Gasteiger partial charge >= 0.3 is 5.76 Å². The SMILES string of the molecule is COc1cc(Nc2[nH]nc(-c3ccc(NS(=O)(=O)C(F)F)c(OCCc4ccc(F)cc4)c3)c2C(N)=O)nn1C. The van der Waals surface area contributed by atoms with Crippen molar-refractivity contribution in [3.05, 3.63) is 65.5 Å². The van der Waals surface area contributed by atoms with Crippen LogP contribution in [0.25, 0.3) is 11.3 Å².